The SMILES string of the molecule is N#Cc1cc(Cn2c(Nc3cc4cn(C(F)F)nc4cc3Cl)nc(=O)n(-c3cncc4ccccc34)c2=O)ccc1F. The van der Waals surface area contributed by atoms with Gasteiger partial charge < -0.3 is 5.32 Å². The first-order valence-corrected chi connectivity index (χ1v) is 12.6. The number of hydrogen-bond donors (Lipinski definition) is 1. The van der Waals surface area contributed by atoms with Crippen molar-refractivity contribution in [1.82, 2.24) is 28.9 Å². The van der Waals surface area contributed by atoms with E-state index < -0.39 is 23.7 Å². The lowest BCUT2D eigenvalue weighted by atomic mass is 10.1. The van der Waals surface area contributed by atoms with Crippen LogP contribution in [0.2, 0.25) is 5.02 Å². The van der Waals surface area contributed by atoms with Crippen LogP contribution in [0.3, 0.4) is 0 Å². The minimum atomic E-state index is -2.87. The second-order valence-electron chi connectivity index (χ2n) is 9.13. The summed E-state index contributed by atoms with van der Waals surface area (Å²) in [5.74, 6) is -0.971. The second-order valence-corrected chi connectivity index (χ2v) is 9.54. The van der Waals surface area contributed by atoms with Gasteiger partial charge in [-0.3, -0.25) is 9.55 Å². The molecule has 1 N–H and O–H groups in total. The van der Waals surface area contributed by atoms with Crippen LogP contribution in [0, 0.1) is 17.1 Å². The summed E-state index contributed by atoms with van der Waals surface area (Å²) in [6, 6.07) is 15.3. The van der Waals surface area contributed by atoms with Crippen LogP contribution in [-0.2, 0) is 6.54 Å². The van der Waals surface area contributed by atoms with Gasteiger partial charge in [-0.1, -0.05) is 41.9 Å². The van der Waals surface area contributed by atoms with E-state index in [0.717, 1.165) is 21.4 Å². The standard InChI is InChI=1S/C28H16ClF3N8O2/c29-20-9-22-18(14-39(37-22)25(31)32)8-23(20)35-26-36-27(41)40(24-12-34-11-16-3-1-2-4-19(16)24)28(42)38(26)13-15-5-6-21(30)17(7-15)10-33/h1-9,11-12,14,25H,13H2,(H,35,36,41). The van der Waals surface area contributed by atoms with Crippen molar-refractivity contribution >= 4 is 44.9 Å². The molecule has 0 atom stereocenters. The molecule has 3 aromatic carbocycles. The molecule has 0 radical (unpaired) electrons. The van der Waals surface area contributed by atoms with Crippen molar-refractivity contribution in [2.24, 2.45) is 0 Å². The molecule has 6 rings (SSSR count). The number of aromatic nitrogens is 6. The number of pyridine rings is 1. The number of nitriles is 1. The first-order valence-electron chi connectivity index (χ1n) is 12.2. The fourth-order valence-corrected chi connectivity index (χ4v) is 4.74. The van der Waals surface area contributed by atoms with Gasteiger partial charge in [-0.05, 0) is 29.8 Å². The van der Waals surface area contributed by atoms with Gasteiger partial charge in [0, 0.05) is 28.6 Å². The van der Waals surface area contributed by atoms with Crippen LogP contribution >= 0.6 is 11.6 Å². The lowest BCUT2D eigenvalue weighted by Crippen LogP contribution is -2.42. The van der Waals surface area contributed by atoms with E-state index in [2.05, 4.69) is 20.4 Å². The number of alkyl halides is 2. The Morgan fingerprint density at radius 2 is 1.86 bits per heavy atom. The van der Waals surface area contributed by atoms with Gasteiger partial charge in [-0.25, -0.2) is 23.2 Å². The van der Waals surface area contributed by atoms with Crippen LogP contribution < -0.4 is 16.7 Å². The molecule has 14 heteroatoms. The van der Waals surface area contributed by atoms with Gasteiger partial charge in [-0.15, -0.1) is 0 Å². The maximum atomic E-state index is 14.0. The number of halogens is 4. The van der Waals surface area contributed by atoms with Crippen LogP contribution in [0.25, 0.3) is 27.4 Å². The monoisotopic (exact) mass is 588 g/mol. The van der Waals surface area contributed by atoms with Crippen molar-refractivity contribution in [1.29, 1.82) is 5.26 Å². The Morgan fingerprint density at radius 1 is 1.05 bits per heavy atom. The Bertz CT molecular complexity index is 2180. The molecule has 10 nitrogen and oxygen atoms in total. The molecule has 3 heterocycles. The van der Waals surface area contributed by atoms with Gasteiger partial charge in [0.2, 0.25) is 5.95 Å². The van der Waals surface area contributed by atoms with E-state index in [1.807, 2.05) is 0 Å². The largest absolute Gasteiger partial charge is 0.359 e. The van der Waals surface area contributed by atoms with Crippen molar-refractivity contribution in [2.45, 2.75) is 13.1 Å². The van der Waals surface area contributed by atoms with Crippen LogP contribution in [0.4, 0.5) is 24.8 Å². The number of anilines is 2. The van der Waals surface area contributed by atoms with Crippen molar-refractivity contribution in [2.75, 3.05) is 5.32 Å². The summed E-state index contributed by atoms with van der Waals surface area (Å²) in [5.41, 5.74) is -1.09. The van der Waals surface area contributed by atoms with E-state index in [4.69, 9.17) is 11.6 Å². The van der Waals surface area contributed by atoms with Gasteiger partial charge in [0.25, 0.3) is 0 Å². The third-order valence-electron chi connectivity index (χ3n) is 6.51. The van der Waals surface area contributed by atoms with Crippen LogP contribution in [0.5, 0.6) is 0 Å². The van der Waals surface area contributed by atoms with Crippen molar-refractivity contribution in [3.63, 3.8) is 0 Å². The number of benzene rings is 3. The van der Waals surface area contributed by atoms with Crippen molar-refractivity contribution < 1.29 is 13.2 Å². The lowest BCUT2D eigenvalue weighted by Gasteiger charge is -2.17. The molecule has 0 saturated carbocycles. The number of rotatable bonds is 6. The molecule has 0 spiro atoms. The topological polar surface area (TPSA) is 123 Å². The van der Waals surface area contributed by atoms with Crippen molar-refractivity contribution in [3.05, 3.63) is 116 Å². The molecule has 0 aliphatic heterocycles. The molecular weight excluding hydrogens is 573 g/mol. The van der Waals surface area contributed by atoms with E-state index >= 15 is 0 Å². The maximum Gasteiger partial charge on any atom is 0.359 e. The van der Waals surface area contributed by atoms with E-state index in [1.54, 1.807) is 36.5 Å². The predicted octanol–water partition coefficient (Wildman–Crippen LogP) is 5.14. The zero-order chi connectivity index (χ0) is 29.5. The molecule has 0 fully saturated rings. The number of nitrogens with one attached hydrogen (secondary N) is 1. The Labute approximate surface area is 238 Å². The molecular formula is C28H16ClF3N8O2. The zero-order valence-corrected chi connectivity index (χ0v) is 21.9. The van der Waals surface area contributed by atoms with Gasteiger partial charge in [0.1, 0.15) is 11.9 Å². The lowest BCUT2D eigenvalue weighted by molar-refractivity contribution is 0.0574. The molecule has 0 bridgehead atoms. The summed E-state index contributed by atoms with van der Waals surface area (Å²) in [6.07, 6.45) is 4.07. The quantitative estimate of drug-likeness (QED) is 0.286. The maximum absolute atomic E-state index is 14.0. The number of fused-ring (bicyclic) bond motifs is 2. The highest BCUT2D eigenvalue weighted by Crippen LogP contribution is 2.30. The molecule has 0 amide bonds. The molecule has 6 aromatic rings. The molecule has 208 valence electrons. The Balaban J connectivity index is 1.54. The fourth-order valence-electron chi connectivity index (χ4n) is 4.54. The molecule has 3 aromatic heterocycles. The minimum absolute atomic E-state index is 0.0544. The van der Waals surface area contributed by atoms with Crippen LogP contribution in [0.1, 0.15) is 17.7 Å². The van der Waals surface area contributed by atoms with Crippen LogP contribution in [0.15, 0.2) is 82.8 Å². The highest BCUT2D eigenvalue weighted by Gasteiger charge is 2.19. The van der Waals surface area contributed by atoms with Gasteiger partial charge in [0.05, 0.1) is 40.2 Å². The first-order chi connectivity index (χ1) is 20.2. The summed E-state index contributed by atoms with van der Waals surface area (Å²) < 4.78 is 42.8. The Kier molecular flexibility index (Phi) is 6.68. The second kappa shape index (κ2) is 10.5. The summed E-state index contributed by atoms with van der Waals surface area (Å²) >= 11 is 6.40. The highest BCUT2D eigenvalue weighted by molar-refractivity contribution is 6.34. The number of hydrogen-bond acceptors (Lipinski definition) is 7. The predicted molar refractivity (Wildman–Crippen MR) is 149 cm³/mol. The van der Waals surface area contributed by atoms with E-state index in [1.165, 1.54) is 30.5 Å². The Morgan fingerprint density at radius 3 is 2.64 bits per heavy atom. The van der Waals surface area contributed by atoms with Crippen molar-refractivity contribution in [3.8, 4) is 11.8 Å². The highest BCUT2D eigenvalue weighted by atomic mass is 35.5. The molecule has 0 aliphatic rings. The van der Waals surface area contributed by atoms with Gasteiger partial charge >= 0.3 is 17.9 Å². The molecule has 42 heavy (non-hydrogen) atoms. The normalized spacial score (nSPS) is 11.3. The third kappa shape index (κ3) is 4.73. The summed E-state index contributed by atoms with van der Waals surface area (Å²) in [4.78, 5) is 35.6. The Hall–Kier alpha value is -5.48. The third-order valence-corrected chi connectivity index (χ3v) is 6.82. The van der Waals surface area contributed by atoms with E-state index in [0.29, 0.717) is 26.4 Å². The van der Waals surface area contributed by atoms with E-state index in [-0.39, 0.29) is 40.0 Å². The first kappa shape index (κ1) is 26.7. The summed E-state index contributed by atoms with van der Waals surface area (Å²) in [5, 5.41) is 17.5. The molecule has 0 saturated heterocycles. The smallest absolute Gasteiger partial charge is 0.324 e. The van der Waals surface area contributed by atoms with Gasteiger partial charge in [-0.2, -0.15) is 24.1 Å². The molecule has 0 aliphatic carbocycles. The van der Waals surface area contributed by atoms with E-state index in [9.17, 15) is 28.0 Å². The fraction of sp³-hybridized carbons (Fsp3) is 0.0714. The van der Waals surface area contributed by atoms with Gasteiger partial charge in [0.15, 0.2) is 0 Å². The average Bonchev–Trinajstić information content (AvgIpc) is 3.39. The van der Waals surface area contributed by atoms with Crippen LogP contribution in [-0.4, -0.2) is 28.9 Å². The zero-order valence-electron chi connectivity index (χ0n) is 21.2. The number of nitrogens with zero attached hydrogens (tertiary/aromatic N) is 7. The summed E-state index contributed by atoms with van der Waals surface area (Å²) in [6.45, 7) is -3.10. The minimum Gasteiger partial charge on any atom is -0.324 e. The summed E-state index contributed by atoms with van der Waals surface area (Å²) in [7, 11) is 0. The average molecular weight is 589 g/mol. The molecule has 0 unspecified atom stereocenters.